The second-order valence-electron chi connectivity index (χ2n) is 7.56. The van der Waals surface area contributed by atoms with E-state index in [0.29, 0.717) is 16.3 Å². The second-order valence-corrected chi connectivity index (χ2v) is 9.70. The molecule has 0 aliphatic carbocycles. The number of hydrogen-bond acceptors (Lipinski definition) is 6. The highest BCUT2D eigenvalue weighted by Gasteiger charge is 2.14. The minimum atomic E-state index is -0.328. The quantitative estimate of drug-likeness (QED) is 0.231. The number of fused-ring (bicyclic) bond motifs is 1. The van der Waals surface area contributed by atoms with Crippen molar-refractivity contribution in [3.05, 3.63) is 59.2 Å². The Morgan fingerprint density at radius 1 is 0.906 bits per heavy atom. The summed E-state index contributed by atoms with van der Waals surface area (Å²) in [6.45, 7) is 8.38. The van der Waals surface area contributed by atoms with E-state index in [1.807, 2.05) is 24.3 Å². The minimum absolute atomic E-state index is 0.328. The van der Waals surface area contributed by atoms with Crippen molar-refractivity contribution in [2.45, 2.75) is 40.0 Å². The smallest absolute Gasteiger partial charge is 0.135 e. The molecule has 0 saturated carbocycles. The molecule has 0 amide bonds. The SMILES string of the molecule is CCCCc1cc2sc(-c3ccc(N=Nc4ccc(N(CC)CC)cc4)cc3F)nc2s1. The first-order valence-electron chi connectivity index (χ1n) is 11.1. The molecule has 0 atom stereocenters. The monoisotopic (exact) mass is 466 g/mol. The first kappa shape index (κ1) is 22.6. The summed E-state index contributed by atoms with van der Waals surface area (Å²) in [4.78, 5) is 9.29. The highest BCUT2D eigenvalue weighted by molar-refractivity contribution is 7.28. The number of azo groups is 1. The van der Waals surface area contributed by atoms with Crippen molar-refractivity contribution in [1.29, 1.82) is 0 Å². The first-order valence-corrected chi connectivity index (χ1v) is 12.7. The normalized spacial score (nSPS) is 11.6. The average Bonchev–Trinajstić information content (AvgIpc) is 3.37. The van der Waals surface area contributed by atoms with Crippen LogP contribution in [0.4, 0.5) is 21.5 Å². The van der Waals surface area contributed by atoms with Crippen LogP contribution in [0.3, 0.4) is 0 Å². The Bertz CT molecular complexity index is 1180. The fraction of sp³-hybridized carbons (Fsp3) is 0.320. The molecule has 0 saturated heterocycles. The van der Waals surface area contributed by atoms with Crippen LogP contribution >= 0.6 is 22.7 Å². The van der Waals surface area contributed by atoms with Crippen molar-refractivity contribution < 1.29 is 4.39 Å². The number of aryl methyl sites for hydroxylation is 1. The summed E-state index contributed by atoms with van der Waals surface area (Å²) in [5.41, 5.74) is 2.89. The summed E-state index contributed by atoms with van der Waals surface area (Å²) in [6, 6.07) is 15.1. The summed E-state index contributed by atoms with van der Waals surface area (Å²) in [6.07, 6.45) is 3.46. The number of rotatable bonds is 9. The van der Waals surface area contributed by atoms with E-state index in [0.717, 1.165) is 40.4 Å². The molecule has 0 aliphatic heterocycles. The van der Waals surface area contributed by atoms with E-state index in [4.69, 9.17) is 0 Å². The number of benzene rings is 2. The number of unbranched alkanes of at least 4 members (excludes halogenated alkanes) is 1. The Balaban J connectivity index is 1.48. The van der Waals surface area contributed by atoms with Crippen LogP contribution in [0.2, 0.25) is 0 Å². The highest BCUT2D eigenvalue weighted by Crippen LogP contribution is 2.37. The lowest BCUT2D eigenvalue weighted by molar-refractivity contribution is 0.631. The van der Waals surface area contributed by atoms with Crippen molar-refractivity contribution in [2.24, 2.45) is 10.2 Å². The Labute approximate surface area is 196 Å². The van der Waals surface area contributed by atoms with Gasteiger partial charge in [0, 0.05) is 35.3 Å². The van der Waals surface area contributed by atoms with E-state index in [-0.39, 0.29) is 5.82 Å². The molecule has 0 N–H and O–H groups in total. The molecule has 2 aromatic carbocycles. The summed E-state index contributed by atoms with van der Waals surface area (Å²) in [7, 11) is 0. The molecule has 7 heteroatoms. The number of aromatic nitrogens is 1. The van der Waals surface area contributed by atoms with Gasteiger partial charge in [-0.25, -0.2) is 9.37 Å². The van der Waals surface area contributed by atoms with Gasteiger partial charge >= 0.3 is 0 Å². The van der Waals surface area contributed by atoms with Crippen LogP contribution in [0.25, 0.3) is 20.1 Å². The molecule has 0 spiro atoms. The molecule has 2 aromatic heterocycles. The fourth-order valence-corrected chi connectivity index (χ4v) is 5.85. The van der Waals surface area contributed by atoms with E-state index >= 15 is 0 Å². The van der Waals surface area contributed by atoms with Gasteiger partial charge in [-0.15, -0.1) is 22.7 Å². The standard InChI is InChI=1S/C25H27FN4S2/c1-4-7-8-20-16-23-25(31-20)27-24(32-23)21-14-11-18(15-22(21)26)29-28-17-9-12-19(13-10-17)30(5-2)6-3/h9-16H,4-8H2,1-3H3. The summed E-state index contributed by atoms with van der Waals surface area (Å²) in [5.74, 6) is -0.328. The fourth-order valence-electron chi connectivity index (χ4n) is 3.55. The lowest BCUT2D eigenvalue weighted by atomic mass is 10.2. The zero-order chi connectivity index (χ0) is 22.5. The topological polar surface area (TPSA) is 40.9 Å². The van der Waals surface area contributed by atoms with Gasteiger partial charge in [0.2, 0.25) is 0 Å². The largest absolute Gasteiger partial charge is 0.372 e. The van der Waals surface area contributed by atoms with E-state index in [1.54, 1.807) is 34.8 Å². The predicted octanol–water partition coefficient (Wildman–Crippen LogP) is 8.77. The first-order chi connectivity index (χ1) is 15.6. The molecule has 0 unspecified atom stereocenters. The summed E-state index contributed by atoms with van der Waals surface area (Å²) < 4.78 is 16.0. The summed E-state index contributed by atoms with van der Waals surface area (Å²) >= 11 is 3.26. The maximum Gasteiger partial charge on any atom is 0.135 e. The zero-order valence-electron chi connectivity index (χ0n) is 18.6. The van der Waals surface area contributed by atoms with Gasteiger partial charge in [0.1, 0.15) is 15.7 Å². The number of nitrogens with zero attached hydrogens (tertiary/aromatic N) is 4. The molecule has 32 heavy (non-hydrogen) atoms. The molecule has 4 aromatic rings. The van der Waals surface area contributed by atoms with E-state index in [1.165, 1.54) is 23.8 Å². The van der Waals surface area contributed by atoms with Crippen LogP contribution in [-0.2, 0) is 6.42 Å². The molecule has 166 valence electrons. The predicted molar refractivity (Wildman–Crippen MR) is 136 cm³/mol. The third-order valence-electron chi connectivity index (χ3n) is 5.36. The van der Waals surface area contributed by atoms with Crippen molar-refractivity contribution in [3.63, 3.8) is 0 Å². The van der Waals surface area contributed by atoms with Crippen LogP contribution < -0.4 is 4.90 Å². The van der Waals surface area contributed by atoms with Crippen molar-refractivity contribution in [1.82, 2.24) is 4.98 Å². The minimum Gasteiger partial charge on any atom is -0.372 e. The molecule has 0 bridgehead atoms. The third-order valence-corrected chi connectivity index (χ3v) is 7.61. The van der Waals surface area contributed by atoms with E-state index in [2.05, 4.69) is 46.9 Å². The maximum absolute atomic E-state index is 14.8. The molecule has 4 rings (SSSR count). The molecule has 0 radical (unpaired) electrons. The molecular weight excluding hydrogens is 439 g/mol. The Hall–Kier alpha value is -2.64. The molecule has 0 aliphatic rings. The van der Waals surface area contributed by atoms with E-state index in [9.17, 15) is 4.39 Å². The Morgan fingerprint density at radius 2 is 1.62 bits per heavy atom. The number of thiophene rings is 1. The van der Waals surface area contributed by atoms with Crippen molar-refractivity contribution in [2.75, 3.05) is 18.0 Å². The van der Waals surface area contributed by atoms with Crippen LogP contribution in [0.1, 0.15) is 38.5 Å². The van der Waals surface area contributed by atoms with Crippen LogP contribution in [-0.4, -0.2) is 18.1 Å². The van der Waals surface area contributed by atoms with Gasteiger partial charge in [-0.1, -0.05) is 13.3 Å². The molecule has 0 fully saturated rings. The zero-order valence-corrected chi connectivity index (χ0v) is 20.3. The lowest BCUT2D eigenvalue weighted by Crippen LogP contribution is -2.21. The molecule has 2 heterocycles. The number of halogens is 1. The van der Waals surface area contributed by atoms with Gasteiger partial charge in [0.05, 0.1) is 16.1 Å². The second kappa shape index (κ2) is 10.3. The van der Waals surface area contributed by atoms with Crippen LogP contribution in [0.15, 0.2) is 58.8 Å². The number of hydrogen-bond donors (Lipinski definition) is 0. The highest BCUT2D eigenvalue weighted by atomic mass is 32.1. The van der Waals surface area contributed by atoms with Gasteiger partial charge in [-0.05, 0) is 69.2 Å². The van der Waals surface area contributed by atoms with Gasteiger partial charge in [0.25, 0.3) is 0 Å². The van der Waals surface area contributed by atoms with E-state index < -0.39 is 0 Å². The van der Waals surface area contributed by atoms with Crippen LogP contribution in [0.5, 0.6) is 0 Å². The average molecular weight is 467 g/mol. The van der Waals surface area contributed by atoms with Crippen molar-refractivity contribution in [3.8, 4) is 10.6 Å². The maximum atomic E-state index is 14.8. The van der Waals surface area contributed by atoms with Gasteiger partial charge in [-0.3, -0.25) is 0 Å². The van der Waals surface area contributed by atoms with Gasteiger partial charge in [0.15, 0.2) is 0 Å². The number of thiazole rings is 1. The van der Waals surface area contributed by atoms with Crippen molar-refractivity contribution >= 4 is 49.3 Å². The Morgan fingerprint density at radius 3 is 2.28 bits per heavy atom. The van der Waals surface area contributed by atoms with Gasteiger partial charge < -0.3 is 4.90 Å². The molecule has 4 nitrogen and oxygen atoms in total. The summed E-state index contributed by atoms with van der Waals surface area (Å²) in [5, 5.41) is 9.19. The number of anilines is 1. The molecular formula is C25H27FN4S2. The van der Waals surface area contributed by atoms with Crippen LogP contribution in [0, 0.1) is 5.82 Å². The Kier molecular flexibility index (Phi) is 7.27. The lowest BCUT2D eigenvalue weighted by Gasteiger charge is -2.20. The third kappa shape index (κ3) is 5.05. The van der Waals surface area contributed by atoms with Gasteiger partial charge in [-0.2, -0.15) is 10.2 Å².